The molecule has 124 valence electrons. The van der Waals surface area contributed by atoms with Gasteiger partial charge in [0.1, 0.15) is 0 Å². The number of fused-ring (bicyclic) bond motifs is 1. The molecule has 0 bridgehead atoms. The molecular formula is C18H12BrN3O3. The number of aromatic nitrogens is 3. The van der Waals surface area contributed by atoms with Crippen LogP contribution in [0.2, 0.25) is 0 Å². The summed E-state index contributed by atoms with van der Waals surface area (Å²) < 4.78 is 7.57. The van der Waals surface area contributed by atoms with Crippen molar-refractivity contribution < 1.29 is 9.32 Å². The van der Waals surface area contributed by atoms with Gasteiger partial charge in [-0.2, -0.15) is 0 Å². The third kappa shape index (κ3) is 2.94. The van der Waals surface area contributed by atoms with Gasteiger partial charge in [0.2, 0.25) is 0 Å². The standard InChI is InChI=1S/C18H12BrN3O3/c19-14-3-1-2-11(6-14)8-22-9-13(10-23)15-5-4-12(7-16(15)22)17-20-18(24)25-21-17/h1-7,9-10H,8H2,(H,20,21,24). The Balaban J connectivity index is 1.85. The lowest BCUT2D eigenvalue weighted by Crippen LogP contribution is -1.98. The monoisotopic (exact) mass is 397 g/mol. The average molecular weight is 398 g/mol. The van der Waals surface area contributed by atoms with E-state index >= 15 is 0 Å². The lowest BCUT2D eigenvalue weighted by atomic mass is 10.1. The van der Waals surface area contributed by atoms with Gasteiger partial charge < -0.3 is 4.57 Å². The Morgan fingerprint density at radius 3 is 2.84 bits per heavy atom. The number of carbonyl (C=O) groups is 1. The number of nitrogens with zero attached hydrogens (tertiary/aromatic N) is 2. The quantitative estimate of drug-likeness (QED) is 0.533. The third-order valence-electron chi connectivity index (χ3n) is 4.00. The van der Waals surface area contributed by atoms with E-state index in [1.165, 1.54) is 0 Å². The van der Waals surface area contributed by atoms with E-state index in [0.29, 0.717) is 23.5 Å². The second-order valence-electron chi connectivity index (χ2n) is 5.64. The average Bonchev–Trinajstić information content (AvgIpc) is 3.18. The number of halogens is 1. The van der Waals surface area contributed by atoms with Crippen molar-refractivity contribution in [2.45, 2.75) is 6.54 Å². The fourth-order valence-corrected chi connectivity index (χ4v) is 3.33. The van der Waals surface area contributed by atoms with Crippen LogP contribution in [0.5, 0.6) is 0 Å². The molecule has 0 saturated carbocycles. The van der Waals surface area contributed by atoms with Crippen LogP contribution in [0.15, 0.2) is 62.5 Å². The van der Waals surface area contributed by atoms with E-state index < -0.39 is 5.76 Å². The van der Waals surface area contributed by atoms with Crippen molar-refractivity contribution in [1.29, 1.82) is 0 Å². The lowest BCUT2D eigenvalue weighted by Gasteiger charge is -2.07. The summed E-state index contributed by atoms with van der Waals surface area (Å²) in [5.41, 5.74) is 3.31. The second kappa shape index (κ2) is 6.18. The Hall–Kier alpha value is -2.93. The minimum absolute atomic E-state index is 0.356. The van der Waals surface area contributed by atoms with Crippen molar-refractivity contribution in [3.8, 4) is 11.4 Å². The number of benzene rings is 2. The van der Waals surface area contributed by atoms with Crippen molar-refractivity contribution in [2.24, 2.45) is 0 Å². The van der Waals surface area contributed by atoms with Gasteiger partial charge in [-0.1, -0.05) is 45.4 Å². The van der Waals surface area contributed by atoms with Crippen LogP contribution in [0.4, 0.5) is 0 Å². The number of aromatic amines is 1. The van der Waals surface area contributed by atoms with Crippen molar-refractivity contribution in [2.75, 3.05) is 0 Å². The summed E-state index contributed by atoms with van der Waals surface area (Å²) in [6.07, 6.45) is 2.67. The molecule has 1 N–H and O–H groups in total. The molecule has 7 heteroatoms. The molecule has 0 aliphatic heterocycles. The SMILES string of the molecule is O=Cc1cn(Cc2cccc(Br)c2)c2cc(-c3noc(=O)[nH]3)ccc12. The molecule has 0 saturated heterocycles. The summed E-state index contributed by atoms with van der Waals surface area (Å²) in [7, 11) is 0. The topological polar surface area (TPSA) is 80.9 Å². The summed E-state index contributed by atoms with van der Waals surface area (Å²) in [6.45, 7) is 0.614. The van der Waals surface area contributed by atoms with Gasteiger partial charge in [0.05, 0.1) is 0 Å². The van der Waals surface area contributed by atoms with Crippen molar-refractivity contribution in [3.63, 3.8) is 0 Å². The van der Waals surface area contributed by atoms with Gasteiger partial charge in [-0.05, 0) is 23.8 Å². The number of hydrogen-bond donors (Lipinski definition) is 1. The molecule has 2 aromatic heterocycles. The Morgan fingerprint density at radius 1 is 1.24 bits per heavy atom. The molecule has 0 aliphatic carbocycles. The number of aldehydes is 1. The normalized spacial score (nSPS) is 11.1. The minimum Gasteiger partial charge on any atom is -0.342 e. The number of rotatable bonds is 4. The molecular weight excluding hydrogens is 386 g/mol. The molecule has 4 rings (SSSR count). The van der Waals surface area contributed by atoms with Crippen LogP contribution < -0.4 is 5.76 Å². The molecule has 25 heavy (non-hydrogen) atoms. The first-order valence-corrected chi connectivity index (χ1v) is 8.32. The van der Waals surface area contributed by atoms with E-state index in [1.54, 1.807) is 6.07 Å². The van der Waals surface area contributed by atoms with E-state index in [9.17, 15) is 9.59 Å². The fourth-order valence-electron chi connectivity index (χ4n) is 2.88. The molecule has 2 heterocycles. The number of nitrogens with one attached hydrogen (secondary N) is 1. The molecule has 0 fully saturated rings. The van der Waals surface area contributed by atoms with Gasteiger partial charge in [0.25, 0.3) is 0 Å². The molecule has 2 aromatic carbocycles. The zero-order valence-electron chi connectivity index (χ0n) is 12.9. The van der Waals surface area contributed by atoms with Crippen LogP contribution >= 0.6 is 15.9 Å². The first kappa shape index (κ1) is 15.6. The van der Waals surface area contributed by atoms with E-state index in [2.05, 4.69) is 30.6 Å². The van der Waals surface area contributed by atoms with Gasteiger partial charge in [-0.3, -0.25) is 14.3 Å². The van der Waals surface area contributed by atoms with E-state index in [-0.39, 0.29) is 0 Å². The molecule has 0 spiro atoms. The Kier molecular flexibility index (Phi) is 3.85. The van der Waals surface area contributed by atoms with E-state index in [1.807, 2.05) is 47.2 Å². The molecule has 0 amide bonds. The highest BCUT2D eigenvalue weighted by Crippen LogP contribution is 2.26. The Morgan fingerprint density at radius 2 is 2.12 bits per heavy atom. The first-order valence-electron chi connectivity index (χ1n) is 7.53. The predicted molar refractivity (Wildman–Crippen MR) is 96.7 cm³/mol. The number of hydrogen-bond acceptors (Lipinski definition) is 4. The summed E-state index contributed by atoms with van der Waals surface area (Å²) in [6, 6.07) is 13.5. The largest absolute Gasteiger partial charge is 0.439 e. The Bertz CT molecular complexity index is 1140. The van der Waals surface area contributed by atoms with E-state index in [0.717, 1.165) is 27.2 Å². The summed E-state index contributed by atoms with van der Waals surface area (Å²) >= 11 is 3.47. The molecule has 6 nitrogen and oxygen atoms in total. The number of carbonyl (C=O) groups excluding carboxylic acids is 1. The zero-order valence-corrected chi connectivity index (χ0v) is 14.5. The fraction of sp³-hybridized carbons (Fsp3) is 0.0556. The van der Waals surface area contributed by atoms with Gasteiger partial charge >= 0.3 is 5.76 Å². The van der Waals surface area contributed by atoms with Gasteiger partial charge in [-0.15, -0.1) is 0 Å². The lowest BCUT2D eigenvalue weighted by molar-refractivity contribution is 0.112. The maximum atomic E-state index is 11.4. The van der Waals surface area contributed by atoms with Crippen molar-refractivity contribution >= 4 is 33.1 Å². The summed E-state index contributed by atoms with van der Waals surface area (Å²) in [5.74, 6) is -0.247. The van der Waals surface area contributed by atoms with Crippen LogP contribution in [0.3, 0.4) is 0 Å². The molecule has 0 atom stereocenters. The first-order chi connectivity index (χ1) is 12.1. The van der Waals surface area contributed by atoms with Crippen LogP contribution in [0.1, 0.15) is 15.9 Å². The summed E-state index contributed by atoms with van der Waals surface area (Å²) in [4.78, 5) is 25.1. The minimum atomic E-state index is -0.604. The zero-order chi connectivity index (χ0) is 17.4. The van der Waals surface area contributed by atoms with Gasteiger partial charge in [-0.25, -0.2) is 4.79 Å². The van der Waals surface area contributed by atoms with E-state index in [4.69, 9.17) is 0 Å². The van der Waals surface area contributed by atoms with Crippen LogP contribution in [-0.4, -0.2) is 21.0 Å². The molecule has 0 aliphatic rings. The highest BCUT2D eigenvalue weighted by atomic mass is 79.9. The molecule has 4 aromatic rings. The molecule has 0 radical (unpaired) electrons. The maximum absolute atomic E-state index is 11.4. The van der Waals surface area contributed by atoms with Gasteiger partial charge in [0.15, 0.2) is 12.1 Å². The highest BCUT2D eigenvalue weighted by molar-refractivity contribution is 9.10. The van der Waals surface area contributed by atoms with Crippen molar-refractivity contribution in [1.82, 2.24) is 14.7 Å². The maximum Gasteiger partial charge on any atom is 0.439 e. The molecule has 0 unspecified atom stereocenters. The Labute approximate surface area is 150 Å². The predicted octanol–water partition coefficient (Wildman–Crippen LogP) is 3.61. The van der Waals surface area contributed by atoms with Gasteiger partial charge in [0, 0.05) is 39.2 Å². The number of H-pyrrole nitrogens is 1. The van der Waals surface area contributed by atoms with Crippen LogP contribution in [0.25, 0.3) is 22.3 Å². The smallest absolute Gasteiger partial charge is 0.342 e. The second-order valence-corrected chi connectivity index (χ2v) is 6.55. The highest BCUT2D eigenvalue weighted by Gasteiger charge is 2.12. The van der Waals surface area contributed by atoms with Crippen LogP contribution in [-0.2, 0) is 6.54 Å². The third-order valence-corrected chi connectivity index (χ3v) is 4.49. The summed E-state index contributed by atoms with van der Waals surface area (Å²) in [5, 5.41) is 4.56. The van der Waals surface area contributed by atoms with Crippen LogP contribution in [0, 0.1) is 0 Å². The van der Waals surface area contributed by atoms with Crippen molar-refractivity contribution in [3.05, 3.63) is 74.8 Å².